The first kappa shape index (κ1) is 22.0. The van der Waals surface area contributed by atoms with E-state index in [1.807, 2.05) is 6.92 Å². The van der Waals surface area contributed by atoms with Crippen LogP contribution < -0.4 is 10.2 Å². The Bertz CT molecular complexity index is 1060. The first-order valence-electron chi connectivity index (χ1n) is 9.38. The van der Waals surface area contributed by atoms with Crippen LogP contribution in [0.1, 0.15) is 34.1 Å². The Morgan fingerprint density at radius 1 is 0.935 bits per heavy atom. The van der Waals surface area contributed by atoms with Crippen LogP contribution in [0.3, 0.4) is 0 Å². The predicted octanol–water partition coefficient (Wildman–Crippen LogP) is 3.48. The number of ether oxygens (including phenoxy) is 2. The minimum atomic E-state index is -0.695. The molecule has 1 aliphatic heterocycles. The topological polar surface area (TPSA) is 102 Å². The summed E-state index contributed by atoms with van der Waals surface area (Å²) in [6.07, 6.45) is 0.718. The average Bonchev–Trinajstić information content (AvgIpc) is 3.00. The summed E-state index contributed by atoms with van der Waals surface area (Å²) in [5.41, 5.74) is 1.27. The fourth-order valence-electron chi connectivity index (χ4n) is 2.82. The minimum absolute atomic E-state index is 0.0926. The molecule has 0 fully saturated rings. The van der Waals surface area contributed by atoms with Crippen LogP contribution in [0, 0.1) is 0 Å². The number of hydrogen-bond donors (Lipinski definition) is 1. The Hall–Kier alpha value is -3.65. The normalized spacial score (nSPS) is 13.5. The molecule has 0 saturated heterocycles. The standard InChI is InChI=1S/C22H19ClN2O6/c1-3-12-31-22(29)14-4-8-15(9-5-14)24-18-17(23)19(26)25(20(18)27)16-10-6-13(7-11-16)21(28)30-2/h4-11,24H,3,12H2,1-2H3. The number of hydrogen-bond acceptors (Lipinski definition) is 7. The maximum atomic E-state index is 12.8. The Balaban J connectivity index is 1.76. The highest BCUT2D eigenvalue weighted by molar-refractivity contribution is 6.53. The summed E-state index contributed by atoms with van der Waals surface area (Å²) in [6, 6.07) is 12.0. The summed E-state index contributed by atoms with van der Waals surface area (Å²) < 4.78 is 9.70. The zero-order valence-electron chi connectivity index (χ0n) is 16.8. The number of imide groups is 1. The summed E-state index contributed by atoms with van der Waals surface area (Å²) in [5.74, 6) is -2.32. The summed E-state index contributed by atoms with van der Waals surface area (Å²) in [5, 5.41) is 2.56. The molecule has 0 aromatic heterocycles. The zero-order valence-corrected chi connectivity index (χ0v) is 17.6. The number of esters is 2. The number of anilines is 2. The lowest BCUT2D eigenvalue weighted by Gasteiger charge is -2.15. The molecule has 2 amide bonds. The van der Waals surface area contributed by atoms with E-state index in [4.69, 9.17) is 16.3 Å². The van der Waals surface area contributed by atoms with Crippen molar-refractivity contribution in [3.05, 3.63) is 70.4 Å². The third kappa shape index (κ3) is 4.59. The van der Waals surface area contributed by atoms with E-state index in [0.29, 0.717) is 17.9 Å². The van der Waals surface area contributed by atoms with Crippen LogP contribution in [-0.4, -0.2) is 37.5 Å². The number of nitrogens with zero attached hydrogens (tertiary/aromatic N) is 1. The second-order valence-electron chi connectivity index (χ2n) is 6.51. The average molecular weight is 443 g/mol. The number of carbonyl (C=O) groups is 4. The molecular weight excluding hydrogens is 424 g/mol. The molecule has 1 N–H and O–H groups in total. The Labute approximate surface area is 183 Å². The van der Waals surface area contributed by atoms with Crippen molar-refractivity contribution >= 4 is 46.7 Å². The molecule has 1 aliphatic rings. The molecule has 31 heavy (non-hydrogen) atoms. The van der Waals surface area contributed by atoms with Crippen LogP contribution in [0.25, 0.3) is 0 Å². The minimum Gasteiger partial charge on any atom is -0.465 e. The van der Waals surface area contributed by atoms with E-state index in [1.54, 1.807) is 24.3 Å². The lowest BCUT2D eigenvalue weighted by molar-refractivity contribution is -0.120. The van der Waals surface area contributed by atoms with Crippen molar-refractivity contribution in [3.8, 4) is 0 Å². The number of benzene rings is 2. The van der Waals surface area contributed by atoms with Crippen molar-refractivity contribution in [2.75, 3.05) is 23.9 Å². The number of rotatable bonds is 7. The van der Waals surface area contributed by atoms with Gasteiger partial charge < -0.3 is 14.8 Å². The first-order chi connectivity index (χ1) is 14.9. The monoisotopic (exact) mass is 442 g/mol. The molecular formula is C22H19ClN2O6. The molecule has 2 aromatic rings. The van der Waals surface area contributed by atoms with Gasteiger partial charge in [0.15, 0.2) is 0 Å². The third-order valence-corrected chi connectivity index (χ3v) is 4.75. The van der Waals surface area contributed by atoms with Gasteiger partial charge in [-0.3, -0.25) is 9.59 Å². The predicted molar refractivity (Wildman–Crippen MR) is 114 cm³/mol. The van der Waals surface area contributed by atoms with Gasteiger partial charge in [-0.25, -0.2) is 14.5 Å². The zero-order chi connectivity index (χ0) is 22.5. The van der Waals surface area contributed by atoms with E-state index in [9.17, 15) is 19.2 Å². The van der Waals surface area contributed by atoms with Crippen molar-refractivity contribution in [3.63, 3.8) is 0 Å². The number of amides is 2. The van der Waals surface area contributed by atoms with Gasteiger partial charge >= 0.3 is 11.9 Å². The van der Waals surface area contributed by atoms with Gasteiger partial charge in [-0.15, -0.1) is 0 Å². The lowest BCUT2D eigenvalue weighted by Crippen LogP contribution is -2.32. The molecule has 0 radical (unpaired) electrons. The summed E-state index contributed by atoms with van der Waals surface area (Å²) >= 11 is 6.12. The molecule has 0 aliphatic carbocycles. The van der Waals surface area contributed by atoms with E-state index in [1.165, 1.54) is 31.4 Å². The molecule has 0 unspecified atom stereocenters. The van der Waals surface area contributed by atoms with Crippen LogP contribution in [0.2, 0.25) is 0 Å². The van der Waals surface area contributed by atoms with Gasteiger partial charge in [0, 0.05) is 5.69 Å². The van der Waals surface area contributed by atoms with Gasteiger partial charge in [-0.2, -0.15) is 0 Å². The first-order valence-corrected chi connectivity index (χ1v) is 9.76. The Kier molecular flexibility index (Phi) is 6.71. The highest BCUT2D eigenvalue weighted by atomic mass is 35.5. The highest BCUT2D eigenvalue weighted by Crippen LogP contribution is 2.30. The van der Waals surface area contributed by atoms with Crippen LogP contribution in [0.4, 0.5) is 11.4 Å². The van der Waals surface area contributed by atoms with Crippen LogP contribution in [0.15, 0.2) is 59.3 Å². The van der Waals surface area contributed by atoms with Crippen molar-refractivity contribution in [1.82, 2.24) is 0 Å². The van der Waals surface area contributed by atoms with E-state index in [0.717, 1.165) is 11.3 Å². The maximum Gasteiger partial charge on any atom is 0.338 e. The molecule has 160 valence electrons. The number of nitrogens with one attached hydrogen (secondary N) is 1. The van der Waals surface area contributed by atoms with E-state index in [2.05, 4.69) is 10.1 Å². The summed E-state index contributed by atoms with van der Waals surface area (Å²) in [6.45, 7) is 2.23. The third-order valence-electron chi connectivity index (χ3n) is 4.40. The number of halogens is 1. The largest absolute Gasteiger partial charge is 0.465 e. The Morgan fingerprint density at radius 2 is 1.52 bits per heavy atom. The molecule has 0 bridgehead atoms. The van der Waals surface area contributed by atoms with Gasteiger partial charge in [0.1, 0.15) is 10.7 Å². The Morgan fingerprint density at radius 3 is 2.10 bits per heavy atom. The molecule has 8 nitrogen and oxygen atoms in total. The van der Waals surface area contributed by atoms with Crippen molar-refractivity contribution in [2.45, 2.75) is 13.3 Å². The van der Waals surface area contributed by atoms with Gasteiger partial charge in [-0.1, -0.05) is 18.5 Å². The summed E-state index contributed by atoms with van der Waals surface area (Å²) in [4.78, 5) is 49.7. The molecule has 3 rings (SSSR count). The van der Waals surface area contributed by atoms with Gasteiger partial charge in [0.05, 0.1) is 30.5 Å². The molecule has 0 saturated carbocycles. The van der Waals surface area contributed by atoms with Crippen molar-refractivity contribution < 1.29 is 28.7 Å². The highest BCUT2D eigenvalue weighted by Gasteiger charge is 2.39. The van der Waals surface area contributed by atoms with E-state index >= 15 is 0 Å². The number of carbonyl (C=O) groups excluding carboxylic acids is 4. The molecule has 0 atom stereocenters. The maximum absolute atomic E-state index is 12.8. The molecule has 9 heteroatoms. The van der Waals surface area contributed by atoms with E-state index < -0.39 is 23.8 Å². The van der Waals surface area contributed by atoms with Crippen molar-refractivity contribution in [1.29, 1.82) is 0 Å². The molecule has 2 aromatic carbocycles. The SMILES string of the molecule is CCCOC(=O)c1ccc(NC2=C(Cl)C(=O)N(c3ccc(C(=O)OC)cc3)C2=O)cc1. The van der Waals surface area contributed by atoms with Crippen LogP contribution >= 0.6 is 11.6 Å². The van der Waals surface area contributed by atoms with Gasteiger partial charge in [-0.05, 0) is 55.0 Å². The van der Waals surface area contributed by atoms with Crippen LogP contribution in [-0.2, 0) is 19.1 Å². The smallest absolute Gasteiger partial charge is 0.338 e. The van der Waals surface area contributed by atoms with Gasteiger partial charge in [0.25, 0.3) is 11.8 Å². The number of methoxy groups -OCH3 is 1. The van der Waals surface area contributed by atoms with Gasteiger partial charge in [0.2, 0.25) is 0 Å². The molecule has 0 spiro atoms. The molecule has 1 heterocycles. The van der Waals surface area contributed by atoms with E-state index in [-0.39, 0.29) is 22.0 Å². The lowest BCUT2D eigenvalue weighted by atomic mass is 10.2. The summed E-state index contributed by atoms with van der Waals surface area (Å²) in [7, 11) is 1.26. The quantitative estimate of drug-likeness (QED) is 0.517. The fraction of sp³-hybridized carbons (Fsp3) is 0.182. The fourth-order valence-corrected chi connectivity index (χ4v) is 3.03. The second-order valence-corrected chi connectivity index (χ2v) is 6.89. The van der Waals surface area contributed by atoms with Crippen LogP contribution in [0.5, 0.6) is 0 Å². The second kappa shape index (κ2) is 9.44. The van der Waals surface area contributed by atoms with Crippen molar-refractivity contribution in [2.24, 2.45) is 0 Å².